The van der Waals surface area contributed by atoms with E-state index >= 15 is 0 Å². The highest BCUT2D eigenvalue weighted by atomic mass is 32.2. The Kier molecular flexibility index (Phi) is 3.25. The van der Waals surface area contributed by atoms with Crippen molar-refractivity contribution in [1.29, 1.82) is 0 Å². The second-order valence-electron chi connectivity index (χ2n) is 5.19. The van der Waals surface area contributed by atoms with Crippen LogP contribution in [0, 0.1) is 11.3 Å². The second-order valence-corrected chi connectivity index (χ2v) is 7.87. The van der Waals surface area contributed by atoms with Crippen LogP contribution < -0.4 is 4.72 Å². The number of carboxylic acids is 1. The van der Waals surface area contributed by atoms with Gasteiger partial charge < -0.3 is 5.11 Å². The predicted octanol–water partition coefficient (Wildman–Crippen LogP) is 1.77. The van der Waals surface area contributed by atoms with Gasteiger partial charge in [-0.2, -0.15) is 0 Å². The average molecular weight is 289 g/mol. The van der Waals surface area contributed by atoms with E-state index in [0.717, 1.165) is 17.8 Å². The lowest BCUT2D eigenvalue weighted by atomic mass is 10.1. The van der Waals surface area contributed by atoms with E-state index in [1.807, 2.05) is 0 Å². The number of hydrogen-bond acceptors (Lipinski definition) is 4. The van der Waals surface area contributed by atoms with Gasteiger partial charge in [0.05, 0.1) is 4.90 Å². The third kappa shape index (κ3) is 2.73. The van der Waals surface area contributed by atoms with Crippen molar-refractivity contribution in [3.05, 3.63) is 16.3 Å². The third-order valence-electron chi connectivity index (χ3n) is 3.33. The molecule has 2 N–H and O–H groups in total. The first-order chi connectivity index (χ1) is 8.22. The van der Waals surface area contributed by atoms with Gasteiger partial charge in [-0.1, -0.05) is 13.8 Å². The minimum atomic E-state index is -3.58. The smallest absolute Gasteiger partial charge is 0.345 e. The highest BCUT2D eigenvalue weighted by Crippen LogP contribution is 2.51. The standard InChI is InChI=1S/C11H15NO4S2/c1-11(2)4-7(11)5-12-18(15,16)8-3-9(10(13)14)17-6-8/h3,6-7,12H,4-5H2,1-2H3,(H,13,14). The number of carboxylic acid groups (broad SMARTS) is 1. The Bertz CT molecular complexity index is 574. The largest absolute Gasteiger partial charge is 0.477 e. The van der Waals surface area contributed by atoms with Gasteiger partial charge in [-0.3, -0.25) is 0 Å². The summed E-state index contributed by atoms with van der Waals surface area (Å²) in [5.41, 5.74) is 0.212. The second kappa shape index (κ2) is 4.32. The molecule has 1 unspecified atom stereocenters. The minimum absolute atomic E-state index is 0.0297. The molecule has 18 heavy (non-hydrogen) atoms. The van der Waals surface area contributed by atoms with Crippen LogP contribution in [0.2, 0.25) is 0 Å². The van der Waals surface area contributed by atoms with E-state index < -0.39 is 16.0 Å². The molecule has 0 radical (unpaired) electrons. The molecular formula is C11H15NO4S2. The highest BCUT2D eigenvalue weighted by molar-refractivity contribution is 7.89. The third-order valence-corrected chi connectivity index (χ3v) is 5.80. The molecular weight excluding hydrogens is 274 g/mol. The van der Waals surface area contributed by atoms with Gasteiger partial charge in [0.1, 0.15) is 4.88 Å². The van der Waals surface area contributed by atoms with E-state index in [1.54, 1.807) is 0 Å². The van der Waals surface area contributed by atoms with Crippen LogP contribution in [-0.2, 0) is 10.0 Å². The molecule has 1 fully saturated rings. The molecule has 0 aliphatic heterocycles. The van der Waals surface area contributed by atoms with Crippen molar-refractivity contribution in [3.8, 4) is 0 Å². The topological polar surface area (TPSA) is 83.5 Å². The molecule has 7 heteroatoms. The van der Waals surface area contributed by atoms with Gasteiger partial charge in [-0.15, -0.1) is 11.3 Å². The normalized spacial score (nSPS) is 21.8. The molecule has 0 amide bonds. The molecule has 1 atom stereocenters. The van der Waals surface area contributed by atoms with Crippen molar-refractivity contribution in [1.82, 2.24) is 4.72 Å². The van der Waals surface area contributed by atoms with Gasteiger partial charge in [-0.05, 0) is 23.8 Å². The van der Waals surface area contributed by atoms with Gasteiger partial charge in [0.25, 0.3) is 0 Å². The summed E-state index contributed by atoms with van der Waals surface area (Å²) in [6.45, 7) is 4.60. The first kappa shape index (κ1) is 13.5. The number of rotatable bonds is 5. The summed E-state index contributed by atoms with van der Waals surface area (Å²) in [4.78, 5) is 10.8. The Morgan fingerprint density at radius 1 is 1.61 bits per heavy atom. The van der Waals surface area contributed by atoms with E-state index in [-0.39, 0.29) is 15.2 Å². The number of sulfonamides is 1. The van der Waals surface area contributed by atoms with Crippen molar-refractivity contribution in [2.75, 3.05) is 6.54 Å². The molecule has 1 aromatic heterocycles. The van der Waals surface area contributed by atoms with Crippen molar-refractivity contribution in [2.45, 2.75) is 25.2 Å². The molecule has 2 rings (SSSR count). The fourth-order valence-electron chi connectivity index (χ4n) is 1.79. The van der Waals surface area contributed by atoms with E-state index in [0.29, 0.717) is 12.5 Å². The lowest BCUT2D eigenvalue weighted by Crippen LogP contribution is -2.26. The highest BCUT2D eigenvalue weighted by Gasteiger charge is 2.45. The Hall–Kier alpha value is -0.920. The number of aromatic carboxylic acids is 1. The van der Waals surface area contributed by atoms with E-state index in [4.69, 9.17) is 5.11 Å². The van der Waals surface area contributed by atoms with Crippen molar-refractivity contribution >= 4 is 27.3 Å². The van der Waals surface area contributed by atoms with Crippen molar-refractivity contribution in [3.63, 3.8) is 0 Å². The van der Waals surface area contributed by atoms with Crippen LogP contribution >= 0.6 is 11.3 Å². The average Bonchev–Trinajstić information content (AvgIpc) is 2.68. The van der Waals surface area contributed by atoms with Crippen molar-refractivity contribution < 1.29 is 18.3 Å². The van der Waals surface area contributed by atoms with Gasteiger partial charge in [0.2, 0.25) is 10.0 Å². The Balaban J connectivity index is 2.04. The number of nitrogens with one attached hydrogen (secondary N) is 1. The summed E-state index contributed by atoms with van der Waals surface area (Å²) in [6, 6.07) is 1.19. The maximum absolute atomic E-state index is 11.9. The van der Waals surface area contributed by atoms with Gasteiger partial charge in [-0.25, -0.2) is 17.9 Å². The molecule has 0 spiro atoms. The zero-order chi connectivity index (χ0) is 13.6. The predicted molar refractivity (Wildman–Crippen MR) is 68.4 cm³/mol. The summed E-state index contributed by atoms with van der Waals surface area (Å²) < 4.78 is 26.4. The first-order valence-corrected chi connectivity index (χ1v) is 7.90. The van der Waals surface area contributed by atoms with Crippen LogP contribution in [0.25, 0.3) is 0 Å². The quantitative estimate of drug-likeness (QED) is 0.865. The van der Waals surface area contributed by atoms with E-state index in [2.05, 4.69) is 18.6 Å². The maximum Gasteiger partial charge on any atom is 0.345 e. The molecule has 1 aliphatic rings. The van der Waals surface area contributed by atoms with Gasteiger partial charge in [0.15, 0.2) is 0 Å². The van der Waals surface area contributed by atoms with Crippen LogP contribution in [0.5, 0.6) is 0 Å². The van der Waals surface area contributed by atoms with Crippen molar-refractivity contribution in [2.24, 2.45) is 11.3 Å². The lowest BCUT2D eigenvalue weighted by Gasteiger charge is -2.06. The molecule has 1 heterocycles. The Labute approximate surface area is 110 Å². The SMILES string of the molecule is CC1(C)CC1CNS(=O)(=O)c1csc(C(=O)O)c1. The molecule has 1 saturated carbocycles. The summed E-state index contributed by atoms with van der Waals surface area (Å²) >= 11 is 0.915. The molecule has 0 saturated heterocycles. The molecule has 0 bridgehead atoms. The van der Waals surface area contributed by atoms with Crippen LogP contribution in [0.15, 0.2) is 16.3 Å². The zero-order valence-corrected chi connectivity index (χ0v) is 11.8. The Morgan fingerprint density at radius 2 is 2.22 bits per heavy atom. The zero-order valence-electron chi connectivity index (χ0n) is 10.1. The molecule has 5 nitrogen and oxygen atoms in total. The number of carbonyl (C=O) groups is 1. The molecule has 1 aromatic rings. The first-order valence-electron chi connectivity index (χ1n) is 5.54. The molecule has 100 valence electrons. The summed E-state index contributed by atoms with van der Waals surface area (Å²) in [7, 11) is -3.58. The van der Waals surface area contributed by atoms with Crippen LogP contribution in [0.4, 0.5) is 0 Å². The van der Waals surface area contributed by atoms with Crippen LogP contribution in [0.3, 0.4) is 0 Å². The van der Waals surface area contributed by atoms with Crippen LogP contribution in [-0.4, -0.2) is 26.0 Å². The van der Waals surface area contributed by atoms with Gasteiger partial charge in [0, 0.05) is 11.9 Å². The minimum Gasteiger partial charge on any atom is -0.477 e. The van der Waals surface area contributed by atoms with E-state index in [9.17, 15) is 13.2 Å². The Morgan fingerprint density at radius 3 is 2.67 bits per heavy atom. The van der Waals surface area contributed by atoms with Gasteiger partial charge >= 0.3 is 5.97 Å². The monoisotopic (exact) mass is 289 g/mol. The molecule has 0 aromatic carbocycles. The number of hydrogen-bond donors (Lipinski definition) is 2. The lowest BCUT2D eigenvalue weighted by molar-refractivity contribution is 0.0702. The van der Waals surface area contributed by atoms with Crippen LogP contribution in [0.1, 0.15) is 29.9 Å². The fourth-order valence-corrected chi connectivity index (χ4v) is 3.98. The fraction of sp³-hybridized carbons (Fsp3) is 0.545. The summed E-state index contributed by atoms with van der Waals surface area (Å²) in [6.07, 6.45) is 1.01. The van der Waals surface area contributed by atoms with E-state index in [1.165, 1.54) is 11.4 Å². The maximum atomic E-state index is 11.9. The summed E-state index contributed by atoms with van der Waals surface area (Å²) in [5.74, 6) is -0.741. The molecule has 1 aliphatic carbocycles. The summed E-state index contributed by atoms with van der Waals surface area (Å²) in [5, 5.41) is 10.1. The number of thiophene rings is 1.